The van der Waals surface area contributed by atoms with Crippen molar-refractivity contribution in [1.82, 2.24) is 14.5 Å². The topological polar surface area (TPSA) is 95.7 Å². The monoisotopic (exact) mass is 477 g/mol. The summed E-state index contributed by atoms with van der Waals surface area (Å²) in [7, 11) is 0. The van der Waals surface area contributed by atoms with Gasteiger partial charge < -0.3 is 15.1 Å². The molecule has 7 nitrogen and oxygen atoms in total. The lowest BCUT2D eigenvalue weighted by atomic mass is 9.75. The van der Waals surface area contributed by atoms with Gasteiger partial charge >= 0.3 is 5.56 Å². The molecule has 1 aromatic carbocycles. The van der Waals surface area contributed by atoms with E-state index < -0.39 is 29.3 Å². The van der Waals surface area contributed by atoms with Crippen molar-refractivity contribution in [3.8, 4) is 11.8 Å². The minimum Gasteiger partial charge on any atom is -0.501 e. The summed E-state index contributed by atoms with van der Waals surface area (Å²) in [5.41, 5.74) is 4.47. The number of aromatic hydroxyl groups is 2. The van der Waals surface area contributed by atoms with Gasteiger partial charge in [0.15, 0.2) is 5.69 Å². The molecular weight excluding hydrogens is 450 g/mol. The number of carbonyl (C=O) groups is 1. The predicted octanol–water partition coefficient (Wildman–Crippen LogP) is 4.15. The Hall–Kier alpha value is -3.26. The van der Waals surface area contributed by atoms with Crippen molar-refractivity contribution in [1.29, 1.82) is 0 Å². The van der Waals surface area contributed by atoms with Crippen LogP contribution in [-0.2, 0) is 0 Å². The number of fused-ring (bicyclic) bond motifs is 2. The van der Waals surface area contributed by atoms with Gasteiger partial charge in [-0.15, -0.1) is 11.8 Å². The van der Waals surface area contributed by atoms with Gasteiger partial charge in [0.1, 0.15) is 0 Å². The molecule has 2 unspecified atom stereocenters. The van der Waals surface area contributed by atoms with E-state index >= 15 is 0 Å². The highest BCUT2D eigenvalue weighted by Gasteiger charge is 2.44. The minimum atomic E-state index is -1.01. The summed E-state index contributed by atoms with van der Waals surface area (Å²) in [6.07, 6.45) is 2.79. The maximum atomic E-state index is 13.3. The Balaban J connectivity index is 1.83. The number of carbonyl (C=O) groups excluding carboxylic acids is 1. The van der Waals surface area contributed by atoms with E-state index in [1.54, 1.807) is 16.7 Å². The largest absolute Gasteiger partial charge is 0.501 e. The molecule has 34 heavy (non-hydrogen) atoms. The zero-order valence-electron chi connectivity index (χ0n) is 19.4. The quantitative estimate of drug-likeness (QED) is 0.675. The molecule has 1 aliphatic carbocycles. The van der Waals surface area contributed by atoms with Crippen LogP contribution in [0, 0.1) is 0 Å². The van der Waals surface area contributed by atoms with E-state index in [4.69, 9.17) is 0 Å². The van der Waals surface area contributed by atoms with Crippen LogP contribution in [0.2, 0.25) is 0 Å². The molecule has 3 aliphatic rings. The van der Waals surface area contributed by atoms with E-state index in [1.807, 2.05) is 26.0 Å². The summed E-state index contributed by atoms with van der Waals surface area (Å²) < 4.78 is 1.37. The predicted molar refractivity (Wildman–Crippen MR) is 131 cm³/mol. The Morgan fingerprint density at radius 3 is 2.68 bits per heavy atom. The van der Waals surface area contributed by atoms with Gasteiger partial charge in [-0.25, -0.2) is 0 Å². The molecule has 0 radical (unpaired) electrons. The molecule has 0 spiro atoms. The summed E-state index contributed by atoms with van der Waals surface area (Å²) in [6.45, 7) is 10.4. The van der Waals surface area contributed by atoms with E-state index in [1.165, 1.54) is 15.7 Å². The van der Waals surface area contributed by atoms with Gasteiger partial charge in [0.05, 0.1) is 6.04 Å². The molecule has 1 aromatic heterocycles. The summed E-state index contributed by atoms with van der Waals surface area (Å²) >= 11 is 1.77. The van der Waals surface area contributed by atoms with Crippen molar-refractivity contribution in [3.05, 3.63) is 80.8 Å². The molecule has 3 heterocycles. The van der Waals surface area contributed by atoms with Crippen molar-refractivity contribution >= 4 is 17.7 Å². The van der Waals surface area contributed by atoms with Crippen molar-refractivity contribution in [2.24, 2.45) is 0 Å². The van der Waals surface area contributed by atoms with Gasteiger partial charge in [0, 0.05) is 29.2 Å². The number of nitrogens with zero attached hydrogens (tertiary/aromatic N) is 3. The van der Waals surface area contributed by atoms with Crippen molar-refractivity contribution in [2.45, 2.75) is 50.1 Å². The Morgan fingerprint density at radius 1 is 1.21 bits per heavy atom. The second kappa shape index (κ2) is 8.20. The van der Waals surface area contributed by atoms with Crippen LogP contribution in [-0.4, -0.2) is 48.9 Å². The number of amides is 1. The molecule has 1 amide bonds. The second-order valence-corrected chi connectivity index (χ2v) is 10.4. The number of benzene rings is 1. The third kappa shape index (κ3) is 3.39. The van der Waals surface area contributed by atoms with Crippen LogP contribution in [0.3, 0.4) is 0 Å². The molecule has 2 aromatic rings. The lowest BCUT2D eigenvalue weighted by Crippen LogP contribution is -2.49. The maximum absolute atomic E-state index is 13.3. The van der Waals surface area contributed by atoms with Gasteiger partial charge in [0.25, 0.3) is 11.9 Å². The molecule has 0 fully saturated rings. The number of allylic oxidation sites excluding steroid dienone is 4. The zero-order chi connectivity index (χ0) is 24.3. The molecule has 8 heteroatoms. The van der Waals surface area contributed by atoms with Crippen LogP contribution in [0.15, 0.2) is 68.9 Å². The van der Waals surface area contributed by atoms with Crippen LogP contribution in [0.1, 0.15) is 55.2 Å². The first-order valence-electron chi connectivity index (χ1n) is 11.3. The fourth-order valence-corrected chi connectivity index (χ4v) is 6.68. The average Bonchev–Trinajstić information content (AvgIpc) is 2.94. The molecule has 176 valence electrons. The van der Waals surface area contributed by atoms with E-state index in [-0.39, 0.29) is 17.7 Å². The minimum absolute atomic E-state index is 0.166. The third-order valence-corrected chi connectivity index (χ3v) is 8.09. The first-order valence-corrected chi connectivity index (χ1v) is 12.3. The Labute approximate surface area is 202 Å². The van der Waals surface area contributed by atoms with E-state index in [0.717, 1.165) is 27.4 Å². The molecule has 0 bridgehead atoms. The lowest BCUT2D eigenvalue weighted by Gasteiger charge is -2.43. The van der Waals surface area contributed by atoms with Crippen LogP contribution < -0.4 is 5.56 Å². The Kier molecular flexibility index (Phi) is 5.43. The van der Waals surface area contributed by atoms with Gasteiger partial charge in [-0.05, 0) is 50.0 Å². The van der Waals surface area contributed by atoms with Crippen molar-refractivity contribution in [3.63, 3.8) is 0 Å². The standard InChI is InChI=1S/C26H27N3O4S/c1-13(2)28-11-19(29-22(25(28)32)23(30)24(31)27-26(29)33)21-16-7-5-6-8-20(16)34-12-18-15(4)9-14(3)10-17(18)21/h5-9,13,19,21,30H,3,10-12H2,1-2,4H3,(H,27,31,33). The Morgan fingerprint density at radius 2 is 1.94 bits per heavy atom. The first-order chi connectivity index (χ1) is 16.2. The number of hydrogen-bond acceptors (Lipinski definition) is 6. The van der Waals surface area contributed by atoms with Crippen LogP contribution in [0.5, 0.6) is 11.8 Å². The maximum Gasteiger partial charge on any atom is 0.318 e. The number of hydrogen-bond donors (Lipinski definition) is 2. The molecule has 5 rings (SSSR count). The van der Waals surface area contributed by atoms with Crippen LogP contribution >= 0.6 is 11.8 Å². The molecule has 2 aliphatic heterocycles. The molecule has 0 saturated heterocycles. The Bertz CT molecular complexity index is 1350. The normalized spacial score (nSPS) is 22.2. The SMILES string of the molecule is C=C1C=C(C)C2=C(C1)C(C1CN(C(C)C)C(=O)c3c(O)c(=O)nc(O)n31)c1ccccc1SC2. The van der Waals surface area contributed by atoms with Gasteiger partial charge in [-0.1, -0.05) is 42.0 Å². The molecule has 2 atom stereocenters. The van der Waals surface area contributed by atoms with Gasteiger partial charge in [0.2, 0.25) is 5.75 Å². The smallest absolute Gasteiger partial charge is 0.318 e. The highest BCUT2D eigenvalue weighted by Crippen LogP contribution is 2.51. The number of thioether (sulfide) groups is 1. The van der Waals surface area contributed by atoms with Gasteiger partial charge in [-0.2, -0.15) is 4.98 Å². The van der Waals surface area contributed by atoms with Crippen molar-refractivity contribution < 1.29 is 15.0 Å². The fourth-order valence-electron chi connectivity index (χ4n) is 5.43. The molecule has 2 N–H and O–H groups in total. The summed E-state index contributed by atoms with van der Waals surface area (Å²) in [5, 5.41) is 21.5. The lowest BCUT2D eigenvalue weighted by molar-refractivity contribution is 0.0571. The summed E-state index contributed by atoms with van der Waals surface area (Å²) in [5.74, 6) is -0.630. The fraction of sp³-hybridized carbons (Fsp3) is 0.346. The highest BCUT2D eigenvalue weighted by molar-refractivity contribution is 7.99. The van der Waals surface area contributed by atoms with E-state index in [2.05, 4.69) is 36.7 Å². The zero-order valence-corrected chi connectivity index (χ0v) is 20.2. The van der Waals surface area contributed by atoms with Crippen LogP contribution in [0.4, 0.5) is 0 Å². The average molecular weight is 478 g/mol. The van der Waals surface area contributed by atoms with Crippen LogP contribution in [0.25, 0.3) is 0 Å². The molecular formula is C26H27N3O4S. The first kappa shape index (κ1) is 22.5. The summed E-state index contributed by atoms with van der Waals surface area (Å²) in [4.78, 5) is 32.0. The van der Waals surface area contributed by atoms with E-state index in [9.17, 15) is 19.8 Å². The number of aromatic nitrogens is 2. The second-order valence-electron chi connectivity index (χ2n) is 9.37. The van der Waals surface area contributed by atoms with Crippen molar-refractivity contribution in [2.75, 3.05) is 12.3 Å². The highest BCUT2D eigenvalue weighted by atomic mass is 32.2. The van der Waals surface area contributed by atoms with E-state index in [0.29, 0.717) is 13.0 Å². The van der Waals surface area contributed by atoms with Gasteiger partial charge in [-0.3, -0.25) is 14.2 Å². The number of rotatable bonds is 2. The summed E-state index contributed by atoms with van der Waals surface area (Å²) in [6, 6.07) is 6.98. The third-order valence-electron chi connectivity index (χ3n) is 6.98. The molecule has 0 saturated carbocycles.